The molecule has 0 radical (unpaired) electrons. The molecule has 0 saturated carbocycles. The largest absolute Gasteiger partial charge is 0.322 e. The van der Waals surface area contributed by atoms with Crippen molar-refractivity contribution in [2.24, 2.45) is 5.92 Å². The van der Waals surface area contributed by atoms with Crippen LogP contribution in [-0.2, 0) is 6.54 Å². The predicted octanol–water partition coefficient (Wildman–Crippen LogP) is 4.80. The first-order chi connectivity index (χ1) is 13.5. The van der Waals surface area contributed by atoms with Gasteiger partial charge in [-0.15, -0.1) is 11.8 Å². The van der Waals surface area contributed by atoms with E-state index in [0.29, 0.717) is 10.6 Å². The third-order valence-electron chi connectivity index (χ3n) is 5.00. The monoisotopic (exact) mass is 399 g/mol. The number of rotatable bonds is 6. The van der Waals surface area contributed by atoms with Crippen LogP contribution in [0.4, 0.5) is 11.4 Å². The smallest absolute Gasteiger partial charge is 0.283 e. The number of hydrogen-bond acceptors (Lipinski definition) is 5. The van der Waals surface area contributed by atoms with Gasteiger partial charge in [0.1, 0.15) is 0 Å². The normalized spacial score (nSPS) is 17.3. The molecule has 0 aliphatic carbocycles. The summed E-state index contributed by atoms with van der Waals surface area (Å²) < 4.78 is 0. The Labute approximate surface area is 169 Å². The lowest BCUT2D eigenvalue weighted by Crippen LogP contribution is -2.33. The Kier molecular flexibility index (Phi) is 6.70. The number of hydrogen-bond donors (Lipinski definition) is 1. The second kappa shape index (κ2) is 9.21. The first kappa shape index (κ1) is 20.4. The van der Waals surface area contributed by atoms with Gasteiger partial charge in [0.15, 0.2) is 0 Å². The quantitative estimate of drug-likeness (QED) is 0.429. The first-order valence-corrected chi connectivity index (χ1v) is 10.6. The minimum Gasteiger partial charge on any atom is -0.322 e. The molecule has 1 atom stereocenters. The number of nitrogens with one attached hydrogen (secondary N) is 1. The van der Waals surface area contributed by atoms with Crippen LogP contribution in [0.3, 0.4) is 0 Å². The Morgan fingerprint density at radius 3 is 2.68 bits per heavy atom. The SMILES string of the molecule is CSc1ccc(C(=O)Nc2ccc(CN3CCCC(C)C3)cc2)cc1[N+](=O)[O-]. The summed E-state index contributed by atoms with van der Waals surface area (Å²) in [6.07, 6.45) is 4.32. The lowest BCUT2D eigenvalue weighted by molar-refractivity contribution is -0.387. The molecule has 2 aromatic carbocycles. The molecule has 1 amide bonds. The zero-order valence-electron chi connectivity index (χ0n) is 16.2. The molecule has 1 saturated heterocycles. The number of carbonyl (C=O) groups is 1. The van der Waals surface area contributed by atoms with Crippen LogP contribution in [-0.4, -0.2) is 35.1 Å². The summed E-state index contributed by atoms with van der Waals surface area (Å²) >= 11 is 1.29. The molecule has 1 unspecified atom stereocenters. The fraction of sp³-hybridized carbons (Fsp3) is 0.381. The summed E-state index contributed by atoms with van der Waals surface area (Å²) in [6.45, 7) is 5.47. The summed E-state index contributed by atoms with van der Waals surface area (Å²) in [6, 6.07) is 12.4. The Bertz CT molecular complexity index is 854. The van der Waals surface area contributed by atoms with Crippen molar-refractivity contribution in [3.63, 3.8) is 0 Å². The third-order valence-corrected chi connectivity index (χ3v) is 5.78. The van der Waals surface area contributed by atoms with Crippen LogP contribution in [0.15, 0.2) is 47.4 Å². The van der Waals surface area contributed by atoms with Crippen molar-refractivity contribution in [3.8, 4) is 0 Å². The van der Waals surface area contributed by atoms with Crippen molar-refractivity contribution in [1.29, 1.82) is 0 Å². The molecule has 1 fully saturated rings. The number of carbonyl (C=O) groups excluding carboxylic acids is 1. The van der Waals surface area contributed by atoms with Crippen molar-refractivity contribution in [2.45, 2.75) is 31.2 Å². The standard InChI is InChI=1S/C21H25N3O3S/c1-15-4-3-11-23(13-15)14-16-5-8-18(9-6-16)22-21(25)17-7-10-20(28-2)19(12-17)24(26)27/h5-10,12,15H,3-4,11,13-14H2,1-2H3,(H,22,25). The summed E-state index contributed by atoms with van der Waals surface area (Å²) in [5.41, 5.74) is 2.12. The highest BCUT2D eigenvalue weighted by atomic mass is 32.2. The summed E-state index contributed by atoms with van der Waals surface area (Å²) in [4.78, 5) is 26.2. The predicted molar refractivity (Wildman–Crippen MR) is 113 cm³/mol. The van der Waals surface area contributed by atoms with E-state index in [-0.39, 0.29) is 17.2 Å². The van der Waals surface area contributed by atoms with Crippen molar-refractivity contribution in [2.75, 3.05) is 24.7 Å². The van der Waals surface area contributed by atoms with E-state index in [0.717, 1.165) is 25.6 Å². The molecule has 1 aliphatic heterocycles. The number of thioether (sulfide) groups is 1. The van der Waals surface area contributed by atoms with Gasteiger partial charge in [-0.2, -0.15) is 0 Å². The molecular weight excluding hydrogens is 374 g/mol. The Balaban J connectivity index is 1.64. The highest BCUT2D eigenvalue weighted by Gasteiger charge is 2.18. The maximum absolute atomic E-state index is 12.5. The van der Waals surface area contributed by atoms with Gasteiger partial charge < -0.3 is 5.32 Å². The van der Waals surface area contributed by atoms with Crippen LogP contribution in [0.1, 0.15) is 35.7 Å². The molecule has 0 aromatic heterocycles. The first-order valence-electron chi connectivity index (χ1n) is 9.41. The van der Waals surface area contributed by atoms with Crippen LogP contribution in [0.5, 0.6) is 0 Å². The molecule has 148 valence electrons. The average Bonchev–Trinajstić information content (AvgIpc) is 2.69. The van der Waals surface area contributed by atoms with E-state index in [1.54, 1.807) is 18.4 Å². The number of likely N-dealkylation sites (tertiary alicyclic amines) is 1. The minimum atomic E-state index is -0.459. The van der Waals surface area contributed by atoms with Gasteiger partial charge in [-0.3, -0.25) is 19.8 Å². The number of anilines is 1. The van der Waals surface area contributed by atoms with Crippen molar-refractivity contribution >= 4 is 29.0 Å². The lowest BCUT2D eigenvalue weighted by Gasteiger charge is -2.30. The van der Waals surface area contributed by atoms with E-state index in [1.165, 1.54) is 36.2 Å². The van der Waals surface area contributed by atoms with Crippen LogP contribution >= 0.6 is 11.8 Å². The molecule has 6 nitrogen and oxygen atoms in total. The summed E-state index contributed by atoms with van der Waals surface area (Å²) in [7, 11) is 0. The van der Waals surface area contributed by atoms with Crippen molar-refractivity contribution in [3.05, 3.63) is 63.7 Å². The van der Waals surface area contributed by atoms with E-state index in [1.807, 2.05) is 24.3 Å². The second-order valence-corrected chi connectivity index (χ2v) is 8.13. The Morgan fingerprint density at radius 2 is 2.04 bits per heavy atom. The van der Waals surface area contributed by atoms with Crippen LogP contribution in [0, 0.1) is 16.0 Å². The van der Waals surface area contributed by atoms with E-state index < -0.39 is 4.92 Å². The molecule has 2 aromatic rings. The number of piperidine rings is 1. The topological polar surface area (TPSA) is 75.5 Å². The van der Waals surface area contributed by atoms with Gasteiger partial charge in [-0.1, -0.05) is 19.1 Å². The fourth-order valence-corrected chi connectivity index (χ4v) is 4.11. The van der Waals surface area contributed by atoms with Crippen LogP contribution in [0.2, 0.25) is 0 Å². The highest BCUT2D eigenvalue weighted by molar-refractivity contribution is 7.98. The van der Waals surface area contributed by atoms with E-state index >= 15 is 0 Å². The van der Waals surface area contributed by atoms with Gasteiger partial charge in [0.25, 0.3) is 11.6 Å². The van der Waals surface area contributed by atoms with Gasteiger partial charge >= 0.3 is 0 Å². The molecule has 28 heavy (non-hydrogen) atoms. The van der Waals surface area contributed by atoms with Gasteiger partial charge in [0.05, 0.1) is 9.82 Å². The average molecular weight is 400 g/mol. The molecule has 1 heterocycles. The number of nitro groups is 1. The molecule has 3 rings (SSSR count). The molecule has 7 heteroatoms. The van der Waals surface area contributed by atoms with Gasteiger partial charge in [-0.05, 0) is 61.4 Å². The molecule has 0 spiro atoms. The molecule has 1 aliphatic rings. The molecule has 1 N–H and O–H groups in total. The lowest BCUT2D eigenvalue weighted by atomic mass is 10.00. The fourth-order valence-electron chi connectivity index (χ4n) is 3.56. The Hall–Kier alpha value is -2.38. The number of benzene rings is 2. The van der Waals surface area contributed by atoms with Crippen LogP contribution < -0.4 is 5.32 Å². The Morgan fingerprint density at radius 1 is 1.29 bits per heavy atom. The number of amides is 1. The van der Waals surface area contributed by atoms with E-state index in [9.17, 15) is 14.9 Å². The minimum absolute atomic E-state index is 0.0498. The second-order valence-electron chi connectivity index (χ2n) is 7.28. The van der Waals surface area contributed by atoms with E-state index in [4.69, 9.17) is 0 Å². The maximum Gasteiger partial charge on any atom is 0.283 e. The zero-order chi connectivity index (χ0) is 20.1. The number of nitro benzene ring substituents is 1. The van der Waals surface area contributed by atoms with Crippen molar-refractivity contribution < 1.29 is 9.72 Å². The van der Waals surface area contributed by atoms with Gasteiger partial charge in [-0.25, -0.2) is 0 Å². The zero-order valence-corrected chi connectivity index (χ0v) is 17.0. The maximum atomic E-state index is 12.5. The van der Waals surface area contributed by atoms with E-state index in [2.05, 4.69) is 17.1 Å². The van der Waals surface area contributed by atoms with Gasteiger partial charge in [0, 0.05) is 30.4 Å². The van der Waals surface area contributed by atoms with Crippen LogP contribution in [0.25, 0.3) is 0 Å². The molecular formula is C21H25N3O3S. The number of nitrogens with zero attached hydrogens (tertiary/aromatic N) is 2. The summed E-state index contributed by atoms with van der Waals surface area (Å²) in [5.74, 6) is 0.391. The van der Waals surface area contributed by atoms with Gasteiger partial charge in [0.2, 0.25) is 0 Å². The summed E-state index contributed by atoms with van der Waals surface area (Å²) in [5, 5.41) is 14.0. The third kappa shape index (κ3) is 5.11. The van der Waals surface area contributed by atoms with Crippen molar-refractivity contribution in [1.82, 2.24) is 4.90 Å². The molecule has 0 bridgehead atoms. The highest BCUT2D eigenvalue weighted by Crippen LogP contribution is 2.28.